The maximum Gasteiger partial charge on any atom is 0.256 e. The Labute approximate surface area is 183 Å². The van der Waals surface area contributed by atoms with Crippen molar-refractivity contribution in [2.45, 2.75) is 26.3 Å². The number of hydrogen-bond acceptors (Lipinski definition) is 4. The van der Waals surface area contributed by atoms with Crippen molar-refractivity contribution in [3.63, 3.8) is 0 Å². The zero-order valence-electron chi connectivity index (χ0n) is 16.4. The SMILES string of the molecule is Cc1ccc(N)cc1C(=O)Nc1cccc(CN2CCC(C(N)=O)CC2)c1.Cl.Cl. The fourth-order valence-electron chi connectivity index (χ4n) is 3.46. The van der Waals surface area contributed by atoms with Gasteiger partial charge in [0.05, 0.1) is 0 Å². The van der Waals surface area contributed by atoms with Gasteiger partial charge in [0, 0.05) is 29.4 Å². The predicted molar refractivity (Wildman–Crippen MR) is 122 cm³/mol. The molecule has 0 atom stereocenters. The van der Waals surface area contributed by atoms with Crippen molar-refractivity contribution in [2.24, 2.45) is 11.7 Å². The minimum absolute atomic E-state index is 0. The Morgan fingerprint density at radius 2 is 1.79 bits per heavy atom. The van der Waals surface area contributed by atoms with Gasteiger partial charge in [-0.2, -0.15) is 0 Å². The molecule has 0 aliphatic carbocycles. The summed E-state index contributed by atoms with van der Waals surface area (Å²) in [6.07, 6.45) is 1.61. The predicted octanol–water partition coefficient (Wildman–Crippen LogP) is 3.37. The lowest BCUT2D eigenvalue weighted by Crippen LogP contribution is -2.38. The fraction of sp³-hybridized carbons (Fsp3) is 0.333. The van der Waals surface area contributed by atoms with Crippen molar-refractivity contribution in [3.05, 3.63) is 59.2 Å². The molecule has 6 nitrogen and oxygen atoms in total. The Balaban J connectivity index is 0.00000210. The van der Waals surface area contributed by atoms with E-state index in [1.807, 2.05) is 37.3 Å². The van der Waals surface area contributed by atoms with Crippen LogP contribution in [0.4, 0.5) is 11.4 Å². The number of hydrogen-bond donors (Lipinski definition) is 3. The second-order valence-corrected chi connectivity index (χ2v) is 7.18. The summed E-state index contributed by atoms with van der Waals surface area (Å²) in [5.74, 6) is -0.371. The van der Waals surface area contributed by atoms with Gasteiger partial charge in [0.25, 0.3) is 5.91 Å². The van der Waals surface area contributed by atoms with E-state index in [9.17, 15) is 9.59 Å². The Kier molecular flexibility index (Phi) is 9.43. The monoisotopic (exact) mass is 438 g/mol. The molecule has 158 valence electrons. The standard InChI is InChI=1S/C21H26N4O2.2ClH/c1-14-5-6-17(22)12-19(14)21(27)24-18-4-2-3-15(11-18)13-25-9-7-16(8-10-25)20(23)26;;/h2-6,11-12,16H,7-10,13,22H2,1H3,(H2,23,26)(H,24,27);2*1H. The summed E-state index contributed by atoms with van der Waals surface area (Å²) in [4.78, 5) is 26.2. The van der Waals surface area contributed by atoms with Gasteiger partial charge in [-0.25, -0.2) is 0 Å². The number of nitrogens with one attached hydrogen (secondary N) is 1. The van der Waals surface area contributed by atoms with E-state index in [1.165, 1.54) is 0 Å². The van der Waals surface area contributed by atoms with Gasteiger partial charge in [0.1, 0.15) is 0 Å². The van der Waals surface area contributed by atoms with Crippen molar-refractivity contribution in [1.82, 2.24) is 4.90 Å². The zero-order chi connectivity index (χ0) is 19.4. The molecule has 0 unspecified atom stereocenters. The van der Waals surface area contributed by atoms with Gasteiger partial charge in [-0.05, 0) is 68.2 Å². The molecule has 29 heavy (non-hydrogen) atoms. The molecular formula is C21H28Cl2N4O2. The smallest absolute Gasteiger partial charge is 0.256 e. The van der Waals surface area contributed by atoms with Crippen LogP contribution in [0.3, 0.4) is 0 Å². The lowest BCUT2D eigenvalue weighted by atomic mass is 9.96. The van der Waals surface area contributed by atoms with E-state index in [0.29, 0.717) is 11.3 Å². The number of halogens is 2. The van der Waals surface area contributed by atoms with E-state index in [4.69, 9.17) is 11.5 Å². The number of carbonyl (C=O) groups is 2. The van der Waals surface area contributed by atoms with Crippen molar-refractivity contribution in [1.29, 1.82) is 0 Å². The van der Waals surface area contributed by atoms with Crippen molar-refractivity contribution < 1.29 is 9.59 Å². The highest BCUT2D eigenvalue weighted by atomic mass is 35.5. The number of rotatable bonds is 5. The van der Waals surface area contributed by atoms with Gasteiger partial charge in [0.2, 0.25) is 5.91 Å². The van der Waals surface area contributed by atoms with Gasteiger partial charge in [-0.1, -0.05) is 18.2 Å². The molecule has 1 aliphatic rings. The van der Waals surface area contributed by atoms with Gasteiger partial charge < -0.3 is 16.8 Å². The third-order valence-electron chi connectivity index (χ3n) is 5.09. The molecule has 8 heteroatoms. The number of nitrogens with zero attached hydrogens (tertiary/aromatic N) is 1. The second kappa shape index (κ2) is 11.0. The summed E-state index contributed by atoms with van der Waals surface area (Å²) in [6, 6.07) is 13.2. The van der Waals surface area contributed by atoms with E-state index in [1.54, 1.807) is 12.1 Å². The largest absolute Gasteiger partial charge is 0.399 e. The average molecular weight is 439 g/mol. The van der Waals surface area contributed by atoms with Crippen LogP contribution in [0, 0.1) is 12.8 Å². The molecule has 0 spiro atoms. The number of benzene rings is 2. The van der Waals surface area contributed by atoms with Crippen LogP contribution in [0.15, 0.2) is 42.5 Å². The van der Waals surface area contributed by atoms with E-state index < -0.39 is 0 Å². The van der Waals surface area contributed by atoms with Gasteiger partial charge in [-0.15, -0.1) is 24.8 Å². The quantitative estimate of drug-likeness (QED) is 0.622. The molecule has 1 heterocycles. The summed E-state index contributed by atoms with van der Waals surface area (Å²) in [5, 5.41) is 2.95. The fourth-order valence-corrected chi connectivity index (χ4v) is 3.46. The second-order valence-electron chi connectivity index (χ2n) is 7.18. The Bertz CT molecular complexity index is 852. The number of carbonyl (C=O) groups excluding carboxylic acids is 2. The number of anilines is 2. The molecule has 2 amide bonds. The van der Waals surface area contributed by atoms with E-state index in [-0.39, 0.29) is 42.5 Å². The van der Waals surface area contributed by atoms with Gasteiger partial charge in [-0.3, -0.25) is 14.5 Å². The van der Waals surface area contributed by atoms with Crippen LogP contribution in [0.1, 0.15) is 34.3 Å². The molecular weight excluding hydrogens is 411 g/mol. The third kappa shape index (κ3) is 6.63. The maximum absolute atomic E-state index is 12.6. The molecule has 0 radical (unpaired) electrons. The first kappa shape index (κ1) is 24.8. The number of likely N-dealkylation sites (tertiary alicyclic amines) is 1. The maximum atomic E-state index is 12.6. The Morgan fingerprint density at radius 3 is 2.45 bits per heavy atom. The molecule has 0 bridgehead atoms. The molecule has 1 aliphatic heterocycles. The highest BCUT2D eigenvalue weighted by Crippen LogP contribution is 2.21. The minimum Gasteiger partial charge on any atom is -0.399 e. The van der Waals surface area contributed by atoms with Gasteiger partial charge >= 0.3 is 0 Å². The number of nitrogen functional groups attached to an aromatic ring is 1. The summed E-state index contributed by atoms with van der Waals surface area (Å²) in [7, 11) is 0. The highest BCUT2D eigenvalue weighted by molar-refractivity contribution is 6.05. The van der Waals surface area contributed by atoms with Crippen molar-refractivity contribution in [2.75, 3.05) is 24.1 Å². The van der Waals surface area contributed by atoms with Crippen molar-refractivity contribution in [3.8, 4) is 0 Å². The van der Waals surface area contributed by atoms with Crippen LogP contribution in [0.5, 0.6) is 0 Å². The first-order valence-electron chi connectivity index (χ1n) is 9.20. The Hall–Kier alpha value is -2.28. The number of aryl methyl sites for hydroxylation is 1. The first-order chi connectivity index (χ1) is 12.9. The first-order valence-corrected chi connectivity index (χ1v) is 9.20. The van der Waals surface area contributed by atoms with Gasteiger partial charge in [0.15, 0.2) is 0 Å². The summed E-state index contributed by atoms with van der Waals surface area (Å²) in [5.41, 5.74) is 15.1. The van der Waals surface area contributed by atoms with Crippen molar-refractivity contribution >= 4 is 48.0 Å². The topological polar surface area (TPSA) is 101 Å². The molecule has 3 rings (SSSR count). The van der Waals surface area contributed by atoms with Crippen LogP contribution >= 0.6 is 24.8 Å². The number of amides is 2. The average Bonchev–Trinajstić information content (AvgIpc) is 2.64. The van der Waals surface area contributed by atoms with Crippen LogP contribution in [-0.4, -0.2) is 29.8 Å². The summed E-state index contributed by atoms with van der Waals surface area (Å²) in [6.45, 7) is 4.38. The number of piperidine rings is 1. The molecule has 2 aromatic rings. The highest BCUT2D eigenvalue weighted by Gasteiger charge is 2.23. The number of primary amides is 1. The van der Waals surface area contributed by atoms with Crippen LogP contribution < -0.4 is 16.8 Å². The van der Waals surface area contributed by atoms with E-state index in [0.717, 1.165) is 49.3 Å². The minimum atomic E-state index is -0.198. The third-order valence-corrected chi connectivity index (χ3v) is 5.09. The molecule has 1 fully saturated rings. The molecule has 0 aromatic heterocycles. The van der Waals surface area contributed by atoms with Crippen LogP contribution in [0.25, 0.3) is 0 Å². The normalized spacial score (nSPS) is 14.4. The zero-order valence-corrected chi connectivity index (χ0v) is 18.0. The lowest BCUT2D eigenvalue weighted by molar-refractivity contribution is -0.123. The summed E-state index contributed by atoms with van der Waals surface area (Å²) >= 11 is 0. The number of nitrogens with two attached hydrogens (primary N) is 2. The molecule has 0 saturated carbocycles. The molecule has 5 N–H and O–H groups in total. The Morgan fingerprint density at radius 1 is 1.10 bits per heavy atom. The van der Waals surface area contributed by atoms with E-state index in [2.05, 4.69) is 10.2 Å². The lowest BCUT2D eigenvalue weighted by Gasteiger charge is -2.30. The molecule has 1 saturated heterocycles. The molecule has 2 aromatic carbocycles. The van der Waals surface area contributed by atoms with E-state index >= 15 is 0 Å². The summed E-state index contributed by atoms with van der Waals surface area (Å²) < 4.78 is 0. The van der Waals surface area contributed by atoms with Crippen LogP contribution in [0.2, 0.25) is 0 Å². The van der Waals surface area contributed by atoms with Crippen LogP contribution in [-0.2, 0) is 11.3 Å².